The normalized spacial score (nSPS) is 20.0. The van der Waals surface area contributed by atoms with Gasteiger partial charge in [0.1, 0.15) is 24.4 Å². The van der Waals surface area contributed by atoms with Gasteiger partial charge in [-0.15, -0.1) is 0 Å². The molecule has 0 bridgehead atoms. The molecule has 1 aliphatic rings. The van der Waals surface area contributed by atoms with E-state index in [0.29, 0.717) is 6.42 Å². The van der Waals surface area contributed by atoms with Gasteiger partial charge in [0.2, 0.25) is 5.91 Å². The summed E-state index contributed by atoms with van der Waals surface area (Å²) in [5.41, 5.74) is 0. The fourth-order valence-electron chi connectivity index (χ4n) is 9.06. The van der Waals surface area contributed by atoms with E-state index in [2.05, 4.69) is 31.3 Å². The summed E-state index contributed by atoms with van der Waals surface area (Å²) in [5, 5.41) is 54.4. The molecule has 384 valence electrons. The van der Waals surface area contributed by atoms with Crippen LogP contribution in [0.1, 0.15) is 271 Å². The number of ether oxygens (including phenoxy) is 2. The smallest absolute Gasteiger partial charge is 0.220 e. The second-order valence-corrected chi connectivity index (χ2v) is 19.7. The number of unbranched alkanes of at least 4 members (excludes halogenated alkanes) is 36. The number of nitrogens with one attached hydrogen (secondary N) is 1. The van der Waals surface area contributed by atoms with E-state index < -0.39 is 49.5 Å². The van der Waals surface area contributed by atoms with Gasteiger partial charge in [0.05, 0.1) is 25.4 Å². The van der Waals surface area contributed by atoms with Crippen molar-refractivity contribution in [2.45, 2.75) is 314 Å². The highest BCUT2D eigenvalue weighted by atomic mass is 16.7. The van der Waals surface area contributed by atoms with Crippen molar-refractivity contribution >= 4 is 5.91 Å². The van der Waals surface area contributed by atoms with Crippen molar-refractivity contribution in [2.75, 3.05) is 13.2 Å². The third-order valence-electron chi connectivity index (χ3n) is 13.5. The van der Waals surface area contributed by atoms with E-state index in [1.807, 2.05) is 6.08 Å². The fraction of sp³-hybridized carbons (Fsp3) is 0.911. The Morgan fingerprint density at radius 2 is 0.877 bits per heavy atom. The molecule has 1 saturated heterocycles. The number of rotatable bonds is 48. The molecule has 1 heterocycles. The predicted molar refractivity (Wildman–Crippen MR) is 272 cm³/mol. The molecule has 0 aliphatic carbocycles. The van der Waals surface area contributed by atoms with Crippen LogP contribution in [0.2, 0.25) is 0 Å². The molecule has 7 atom stereocenters. The Morgan fingerprint density at radius 3 is 1.29 bits per heavy atom. The molecule has 0 spiro atoms. The first kappa shape index (κ1) is 61.7. The third kappa shape index (κ3) is 36.3. The molecule has 1 fully saturated rings. The molecule has 0 aromatic carbocycles. The summed E-state index contributed by atoms with van der Waals surface area (Å²) < 4.78 is 11.2. The lowest BCUT2D eigenvalue weighted by Gasteiger charge is -2.40. The summed E-state index contributed by atoms with van der Waals surface area (Å²) in [4.78, 5) is 13.0. The van der Waals surface area contributed by atoms with Gasteiger partial charge in [-0.2, -0.15) is 0 Å². The van der Waals surface area contributed by atoms with E-state index in [0.717, 1.165) is 38.5 Å². The maximum atomic E-state index is 13.0. The molecular formula is C56H107NO8. The van der Waals surface area contributed by atoms with E-state index in [1.165, 1.54) is 212 Å². The van der Waals surface area contributed by atoms with Gasteiger partial charge in [-0.05, 0) is 32.1 Å². The van der Waals surface area contributed by atoms with Gasteiger partial charge in [0.25, 0.3) is 0 Å². The molecule has 0 aromatic rings. The number of aliphatic hydroxyl groups excluding tert-OH is 5. The Labute approximate surface area is 400 Å². The first-order valence-corrected chi connectivity index (χ1v) is 28.1. The van der Waals surface area contributed by atoms with Gasteiger partial charge >= 0.3 is 0 Å². The molecule has 1 rings (SSSR count). The summed E-state index contributed by atoms with van der Waals surface area (Å²) in [6.45, 7) is 3.79. The molecule has 65 heavy (non-hydrogen) atoms. The van der Waals surface area contributed by atoms with Crippen molar-refractivity contribution in [3.63, 3.8) is 0 Å². The number of amides is 1. The van der Waals surface area contributed by atoms with E-state index in [9.17, 15) is 30.3 Å². The first-order valence-electron chi connectivity index (χ1n) is 28.1. The highest BCUT2D eigenvalue weighted by Gasteiger charge is 2.44. The van der Waals surface area contributed by atoms with E-state index >= 15 is 0 Å². The topological polar surface area (TPSA) is 149 Å². The minimum absolute atomic E-state index is 0.181. The zero-order chi connectivity index (χ0) is 47.3. The maximum Gasteiger partial charge on any atom is 0.220 e. The highest BCUT2D eigenvalue weighted by molar-refractivity contribution is 5.76. The minimum atomic E-state index is -1.57. The molecule has 9 nitrogen and oxygen atoms in total. The fourth-order valence-corrected chi connectivity index (χ4v) is 9.06. The van der Waals surface area contributed by atoms with Gasteiger partial charge < -0.3 is 40.3 Å². The molecule has 0 saturated carbocycles. The van der Waals surface area contributed by atoms with E-state index in [1.54, 1.807) is 6.08 Å². The van der Waals surface area contributed by atoms with Crippen LogP contribution in [0.15, 0.2) is 24.3 Å². The summed E-state index contributed by atoms with van der Waals surface area (Å²) in [6.07, 6.45) is 51.0. The van der Waals surface area contributed by atoms with Crippen LogP contribution in [-0.2, 0) is 14.3 Å². The Morgan fingerprint density at radius 1 is 0.508 bits per heavy atom. The van der Waals surface area contributed by atoms with Crippen molar-refractivity contribution in [3.05, 3.63) is 24.3 Å². The summed E-state index contributed by atoms with van der Waals surface area (Å²) in [5.74, 6) is -0.181. The average Bonchev–Trinajstić information content (AvgIpc) is 3.31. The number of carbonyl (C=O) groups is 1. The molecule has 1 aliphatic heterocycles. The van der Waals surface area contributed by atoms with Crippen LogP contribution in [0, 0.1) is 0 Å². The lowest BCUT2D eigenvalue weighted by molar-refractivity contribution is -0.302. The number of hydrogen-bond acceptors (Lipinski definition) is 8. The third-order valence-corrected chi connectivity index (χ3v) is 13.5. The van der Waals surface area contributed by atoms with Crippen molar-refractivity contribution in [1.29, 1.82) is 0 Å². The van der Waals surface area contributed by atoms with Crippen LogP contribution in [-0.4, -0.2) is 87.5 Å². The molecule has 6 N–H and O–H groups in total. The van der Waals surface area contributed by atoms with Gasteiger partial charge in [-0.3, -0.25) is 4.79 Å². The molecule has 0 radical (unpaired) electrons. The van der Waals surface area contributed by atoms with E-state index in [-0.39, 0.29) is 12.5 Å². The van der Waals surface area contributed by atoms with Crippen LogP contribution < -0.4 is 5.32 Å². The van der Waals surface area contributed by atoms with Gasteiger partial charge in [-0.25, -0.2) is 0 Å². The Kier molecular flexibility index (Phi) is 44.0. The van der Waals surface area contributed by atoms with Gasteiger partial charge in [0.15, 0.2) is 6.29 Å². The molecule has 9 heteroatoms. The molecular weight excluding hydrogens is 815 g/mol. The Hall–Kier alpha value is -1.33. The quantitative estimate of drug-likeness (QED) is 0.0261. The zero-order valence-electron chi connectivity index (χ0n) is 42.5. The van der Waals surface area contributed by atoms with Crippen molar-refractivity contribution in [1.82, 2.24) is 5.32 Å². The van der Waals surface area contributed by atoms with Crippen LogP contribution in [0.5, 0.6) is 0 Å². The molecule has 7 unspecified atom stereocenters. The van der Waals surface area contributed by atoms with Crippen molar-refractivity contribution < 1.29 is 39.8 Å². The molecule has 0 aromatic heterocycles. The SMILES string of the molecule is CCCCCCCCCCCCC/C=C/CC/C=C/C(O)C(COC1OC(CO)C(O)C(O)C1O)NC(=O)CCCCCCCCCCCCCCCCCCCCCCCCCCC. The standard InChI is InChI=1S/C56H107NO8/c1-3-5-7-9-11-13-15-17-19-21-22-23-24-25-26-27-28-30-32-34-36-38-40-42-44-46-52(60)57-49(48-64-56-55(63)54(62)53(61)51(47-58)65-56)50(59)45-43-41-39-37-35-33-31-29-20-18-16-14-12-10-8-6-4-2/h35,37,43,45,49-51,53-56,58-59,61-63H,3-34,36,38-42,44,46-48H2,1-2H3,(H,57,60)/b37-35+,45-43+. The lowest BCUT2D eigenvalue weighted by Crippen LogP contribution is -2.60. The first-order chi connectivity index (χ1) is 31.8. The lowest BCUT2D eigenvalue weighted by atomic mass is 9.99. The van der Waals surface area contributed by atoms with Crippen molar-refractivity contribution in [2.24, 2.45) is 0 Å². The largest absolute Gasteiger partial charge is 0.394 e. The second-order valence-electron chi connectivity index (χ2n) is 19.7. The summed E-state index contributed by atoms with van der Waals surface area (Å²) >= 11 is 0. The average molecular weight is 922 g/mol. The van der Waals surface area contributed by atoms with Gasteiger partial charge in [0, 0.05) is 6.42 Å². The maximum absolute atomic E-state index is 13.0. The minimum Gasteiger partial charge on any atom is -0.394 e. The number of hydrogen-bond donors (Lipinski definition) is 6. The Balaban J connectivity index is 2.23. The van der Waals surface area contributed by atoms with Crippen LogP contribution in [0.4, 0.5) is 0 Å². The number of aliphatic hydroxyl groups is 5. The van der Waals surface area contributed by atoms with Crippen LogP contribution in [0.25, 0.3) is 0 Å². The molecule has 1 amide bonds. The number of allylic oxidation sites excluding steroid dienone is 3. The second kappa shape index (κ2) is 46.4. The van der Waals surface area contributed by atoms with E-state index in [4.69, 9.17) is 9.47 Å². The van der Waals surface area contributed by atoms with Gasteiger partial charge in [-0.1, -0.05) is 256 Å². The summed E-state index contributed by atoms with van der Waals surface area (Å²) in [6, 6.07) is -0.818. The summed E-state index contributed by atoms with van der Waals surface area (Å²) in [7, 11) is 0. The Bertz CT molecular complexity index is 1070. The zero-order valence-corrected chi connectivity index (χ0v) is 42.5. The number of carbonyl (C=O) groups excluding carboxylic acids is 1. The monoisotopic (exact) mass is 922 g/mol. The predicted octanol–water partition coefficient (Wildman–Crippen LogP) is 13.4. The van der Waals surface area contributed by atoms with Crippen LogP contribution >= 0.6 is 0 Å². The van der Waals surface area contributed by atoms with Crippen LogP contribution in [0.3, 0.4) is 0 Å². The van der Waals surface area contributed by atoms with Crippen molar-refractivity contribution in [3.8, 4) is 0 Å². The highest BCUT2D eigenvalue weighted by Crippen LogP contribution is 2.23.